The monoisotopic (exact) mass is 129 g/mol. The zero-order chi connectivity index (χ0) is 7.11. The number of hydrogen-bond donors (Lipinski definition) is 1. The van der Waals surface area contributed by atoms with Gasteiger partial charge in [0.15, 0.2) is 0 Å². The third kappa shape index (κ3) is 3.52. The highest BCUT2D eigenvalue weighted by Crippen LogP contribution is 2.06. The fraction of sp³-hybridized carbons (Fsp3) is 1.00. The van der Waals surface area contributed by atoms with Crippen molar-refractivity contribution >= 4 is 0 Å². The first-order chi connectivity index (χ1) is 4.43. The van der Waals surface area contributed by atoms with Crippen LogP contribution in [0.1, 0.15) is 40.0 Å². The molecular formula is C8H19N. The summed E-state index contributed by atoms with van der Waals surface area (Å²) in [5.74, 6) is 0. The van der Waals surface area contributed by atoms with Gasteiger partial charge in [-0.2, -0.15) is 0 Å². The third-order valence-corrected chi connectivity index (χ3v) is 1.66. The molecule has 0 radical (unpaired) electrons. The van der Waals surface area contributed by atoms with Gasteiger partial charge >= 0.3 is 0 Å². The molecule has 0 aromatic carbocycles. The SMILES string of the molecule is CC.CC[C@@H]1CCCN1. The highest BCUT2D eigenvalue weighted by molar-refractivity contribution is 4.71. The van der Waals surface area contributed by atoms with Crippen molar-refractivity contribution in [1.82, 2.24) is 5.32 Å². The van der Waals surface area contributed by atoms with Crippen molar-refractivity contribution in [2.75, 3.05) is 6.54 Å². The average molecular weight is 129 g/mol. The van der Waals surface area contributed by atoms with Crippen molar-refractivity contribution < 1.29 is 0 Å². The summed E-state index contributed by atoms with van der Waals surface area (Å²) in [6.45, 7) is 7.49. The smallest absolute Gasteiger partial charge is 0.00649 e. The Balaban J connectivity index is 0.000000291. The first kappa shape index (κ1) is 8.96. The molecule has 1 N–H and O–H groups in total. The van der Waals surface area contributed by atoms with Crippen LogP contribution in [0.15, 0.2) is 0 Å². The predicted octanol–water partition coefficient (Wildman–Crippen LogP) is 2.17. The van der Waals surface area contributed by atoms with Crippen LogP contribution >= 0.6 is 0 Å². The van der Waals surface area contributed by atoms with Gasteiger partial charge in [-0.15, -0.1) is 0 Å². The summed E-state index contributed by atoms with van der Waals surface area (Å²) in [5, 5.41) is 3.41. The van der Waals surface area contributed by atoms with Crippen molar-refractivity contribution in [3.05, 3.63) is 0 Å². The standard InChI is InChI=1S/C6H13N.C2H6/c1-2-6-4-3-5-7-6;1-2/h6-7H,2-5H2,1H3;1-2H3/t6-;/m1./s1. The molecule has 1 nitrogen and oxygen atoms in total. The quantitative estimate of drug-likeness (QED) is 0.572. The van der Waals surface area contributed by atoms with Crippen LogP contribution in [-0.4, -0.2) is 12.6 Å². The van der Waals surface area contributed by atoms with Gasteiger partial charge in [0.05, 0.1) is 0 Å². The van der Waals surface area contributed by atoms with Crippen LogP contribution in [0.2, 0.25) is 0 Å². The molecule has 0 bridgehead atoms. The molecule has 1 atom stereocenters. The maximum atomic E-state index is 3.41. The Kier molecular flexibility index (Phi) is 6.06. The average Bonchev–Trinajstić information content (AvgIpc) is 2.43. The Morgan fingerprint density at radius 2 is 2.11 bits per heavy atom. The molecule has 1 heteroatoms. The lowest BCUT2D eigenvalue weighted by molar-refractivity contribution is 0.587. The van der Waals surface area contributed by atoms with E-state index in [1.807, 2.05) is 13.8 Å². The van der Waals surface area contributed by atoms with E-state index in [4.69, 9.17) is 0 Å². The zero-order valence-corrected chi connectivity index (χ0v) is 6.91. The summed E-state index contributed by atoms with van der Waals surface area (Å²) in [4.78, 5) is 0. The maximum absolute atomic E-state index is 3.41. The minimum Gasteiger partial charge on any atom is -0.314 e. The molecule has 0 amide bonds. The third-order valence-electron chi connectivity index (χ3n) is 1.66. The molecule has 1 aliphatic rings. The molecule has 0 aromatic heterocycles. The molecule has 1 rings (SSSR count). The molecular weight excluding hydrogens is 110 g/mol. The summed E-state index contributed by atoms with van der Waals surface area (Å²) in [7, 11) is 0. The maximum Gasteiger partial charge on any atom is 0.00649 e. The second kappa shape index (κ2) is 6.09. The van der Waals surface area contributed by atoms with Gasteiger partial charge in [-0.3, -0.25) is 0 Å². The summed E-state index contributed by atoms with van der Waals surface area (Å²) in [5.41, 5.74) is 0. The van der Waals surface area contributed by atoms with Crippen LogP contribution in [0.4, 0.5) is 0 Å². The number of hydrogen-bond acceptors (Lipinski definition) is 1. The lowest BCUT2D eigenvalue weighted by Crippen LogP contribution is -2.19. The van der Waals surface area contributed by atoms with Gasteiger partial charge in [0, 0.05) is 6.04 Å². The van der Waals surface area contributed by atoms with Crippen molar-refractivity contribution in [1.29, 1.82) is 0 Å². The van der Waals surface area contributed by atoms with Gasteiger partial charge in [-0.1, -0.05) is 20.8 Å². The molecule has 0 saturated carbocycles. The van der Waals surface area contributed by atoms with Gasteiger partial charge in [0.25, 0.3) is 0 Å². The lowest BCUT2D eigenvalue weighted by atomic mass is 10.2. The van der Waals surface area contributed by atoms with Gasteiger partial charge in [-0.25, -0.2) is 0 Å². The largest absolute Gasteiger partial charge is 0.314 e. The molecule has 0 spiro atoms. The van der Waals surface area contributed by atoms with E-state index in [2.05, 4.69) is 12.2 Å². The molecule has 1 fully saturated rings. The minimum atomic E-state index is 0.847. The van der Waals surface area contributed by atoms with Crippen LogP contribution in [-0.2, 0) is 0 Å². The van der Waals surface area contributed by atoms with E-state index < -0.39 is 0 Å². The van der Waals surface area contributed by atoms with Crippen LogP contribution in [0, 0.1) is 0 Å². The Bertz CT molecular complexity index is 46.5. The number of nitrogens with one attached hydrogen (secondary N) is 1. The molecule has 0 aliphatic carbocycles. The normalized spacial score (nSPS) is 25.0. The molecule has 9 heavy (non-hydrogen) atoms. The Morgan fingerprint density at radius 1 is 1.44 bits per heavy atom. The van der Waals surface area contributed by atoms with Crippen molar-refractivity contribution in [3.8, 4) is 0 Å². The summed E-state index contributed by atoms with van der Waals surface area (Å²) in [6.07, 6.45) is 4.09. The summed E-state index contributed by atoms with van der Waals surface area (Å²) >= 11 is 0. The highest BCUT2D eigenvalue weighted by atomic mass is 14.9. The summed E-state index contributed by atoms with van der Waals surface area (Å²) < 4.78 is 0. The lowest BCUT2D eigenvalue weighted by Gasteiger charge is -2.02. The highest BCUT2D eigenvalue weighted by Gasteiger charge is 2.09. The van der Waals surface area contributed by atoms with Crippen LogP contribution in [0.3, 0.4) is 0 Å². The molecule has 0 aromatic rings. The predicted molar refractivity (Wildman–Crippen MR) is 42.7 cm³/mol. The zero-order valence-electron chi connectivity index (χ0n) is 6.91. The van der Waals surface area contributed by atoms with E-state index in [0.29, 0.717) is 0 Å². The topological polar surface area (TPSA) is 12.0 Å². The Morgan fingerprint density at radius 3 is 2.33 bits per heavy atom. The van der Waals surface area contributed by atoms with E-state index >= 15 is 0 Å². The van der Waals surface area contributed by atoms with Crippen LogP contribution < -0.4 is 5.32 Å². The van der Waals surface area contributed by atoms with Gasteiger partial charge in [0.2, 0.25) is 0 Å². The van der Waals surface area contributed by atoms with Crippen molar-refractivity contribution in [2.24, 2.45) is 0 Å². The second-order valence-electron chi connectivity index (χ2n) is 2.20. The fourth-order valence-corrected chi connectivity index (χ4v) is 1.11. The molecule has 0 unspecified atom stereocenters. The van der Waals surface area contributed by atoms with Gasteiger partial charge in [-0.05, 0) is 25.8 Å². The van der Waals surface area contributed by atoms with Crippen molar-refractivity contribution in [2.45, 2.75) is 46.1 Å². The Labute approximate surface area is 58.8 Å². The number of rotatable bonds is 1. The van der Waals surface area contributed by atoms with Crippen LogP contribution in [0.5, 0.6) is 0 Å². The molecule has 56 valence electrons. The van der Waals surface area contributed by atoms with E-state index in [9.17, 15) is 0 Å². The van der Waals surface area contributed by atoms with Gasteiger partial charge < -0.3 is 5.32 Å². The minimum absolute atomic E-state index is 0.847. The van der Waals surface area contributed by atoms with Gasteiger partial charge in [0.1, 0.15) is 0 Å². The van der Waals surface area contributed by atoms with E-state index in [1.54, 1.807) is 0 Å². The molecule has 1 heterocycles. The molecule has 1 aliphatic heterocycles. The first-order valence-electron chi connectivity index (χ1n) is 4.17. The van der Waals surface area contributed by atoms with Crippen LogP contribution in [0.25, 0.3) is 0 Å². The Hall–Kier alpha value is -0.0400. The molecule has 1 saturated heterocycles. The first-order valence-corrected chi connectivity index (χ1v) is 4.17. The van der Waals surface area contributed by atoms with Crippen molar-refractivity contribution in [3.63, 3.8) is 0 Å². The fourth-order valence-electron chi connectivity index (χ4n) is 1.11. The second-order valence-corrected chi connectivity index (χ2v) is 2.20. The summed E-state index contributed by atoms with van der Waals surface area (Å²) in [6, 6.07) is 0.847. The van der Waals surface area contributed by atoms with E-state index in [-0.39, 0.29) is 0 Å². The van der Waals surface area contributed by atoms with E-state index in [0.717, 1.165) is 6.04 Å². The van der Waals surface area contributed by atoms with E-state index in [1.165, 1.54) is 25.8 Å².